The Hall–Kier alpha value is -0.940. The molecule has 0 radical (unpaired) electrons. The molecule has 0 amide bonds. The molecule has 1 aliphatic rings. The van der Waals surface area contributed by atoms with Gasteiger partial charge in [-0.1, -0.05) is 18.0 Å². The van der Waals surface area contributed by atoms with Gasteiger partial charge in [-0.15, -0.1) is 0 Å². The number of rotatable bonds is 5. The Morgan fingerprint density at radius 3 is 3.00 bits per heavy atom. The lowest BCUT2D eigenvalue weighted by molar-refractivity contribution is 0.199. The zero-order valence-electron chi connectivity index (χ0n) is 10.4. The molecule has 1 aliphatic carbocycles. The lowest BCUT2D eigenvalue weighted by Gasteiger charge is -2.27. The summed E-state index contributed by atoms with van der Waals surface area (Å²) in [5.74, 6) is 1.95. The minimum Gasteiger partial charge on any atom is -0.384 e. The molecule has 5 nitrogen and oxygen atoms in total. The fraction of sp³-hybridized carbons (Fsp3) is 0.833. The molecular weight excluding hydrogens is 218 g/mol. The summed E-state index contributed by atoms with van der Waals surface area (Å²) < 4.78 is 10.2. The molecule has 1 aromatic rings. The van der Waals surface area contributed by atoms with Crippen LogP contribution in [-0.2, 0) is 17.6 Å². The van der Waals surface area contributed by atoms with Crippen molar-refractivity contribution in [3.8, 4) is 0 Å². The predicted molar refractivity (Wildman–Crippen MR) is 63.5 cm³/mol. The fourth-order valence-electron chi connectivity index (χ4n) is 2.38. The van der Waals surface area contributed by atoms with Gasteiger partial charge in [0, 0.05) is 26.0 Å². The van der Waals surface area contributed by atoms with Crippen molar-refractivity contribution in [1.82, 2.24) is 10.1 Å². The van der Waals surface area contributed by atoms with Gasteiger partial charge in [0.15, 0.2) is 5.82 Å². The lowest BCUT2D eigenvalue weighted by Crippen LogP contribution is -2.34. The first-order valence-corrected chi connectivity index (χ1v) is 6.35. The molecular formula is C12H21N3O2. The first-order valence-electron chi connectivity index (χ1n) is 6.35. The molecule has 2 N–H and O–H groups in total. The van der Waals surface area contributed by atoms with Crippen molar-refractivity contribution >= 4 is 0 Å². The molecule has 2 atom stereocenters. The van der Waals surface area contributed by atoms with Gasteiger partial charge in [-0.3, -0.25) is 0 Å². The van der Waals surface area contributed by atoms with Crippen molar-refractivity contribution in [3.63, 3.8) is 0 Å². The van der Waals surface area contributed by atoms with Gasteiger partial charge in [0.1, 0.15) is 0 Å². The number of hydrogen-bond donors (Lipinski definition) is 1. The summed E-state index contributed by atoms with van der Waals surface area (Å²) in [6, 6.07) is 0.290. The average molecular weight is 239 g/mol. The summed E-state index contributed by atoms with van der Waals surface area (Å²) >= 11 is 0. The van der Waals surface area contributed by atoms with Crippen molar-refractivity contribution in [2.24, 2.45) is 11.7 Å². The van der Waals surface area contributed by atoms with Crippen molar-refractivity contribution in [2.75, 3.05) is 13.7 Å². The van der Waals surface area contributed by atoms with Crippen LogP contribution in [-0.4, -0.2) is 29.9 Å². The maximum absolute atomic E-state index is 6.10. The molecule has 2 unspecified atom stereocenters. The Balaban J connectivity index is 1.87. The summed E-state index contributed by atoms with van der Waals surface area (Å²) in [7, 11) is 1.67. The SMILES string of the molecule is COCCc1noc(CC2CCCCC2N)n1. The topological polar surface area (TPSA) is 74.2 Å². The van der Waals surface area contributed by atoms with Gasteiger partial charge in [-0.05, 0) is 18.8 Å². The zero-order valence-corrected chi connectivity index (χ0v) is 10.4. The van der Waals surface area contributed by atoms with Crippen LogP contribution >= 0.6 is 0 Å². The second-order valence-corrected chi connectivity index (χ2v) is 4.76. The Morgan fingerprint density at radius 2 is 2.24 bits per heavy atom. The van der Waals surface area contributed by atoms with E-state index in [1.165, 1.54) is 19.3 Å². The minimum absolute atomic E-state index is 0.290. The van der Waals surface area contributed by atoms with Crippen LogP contribution in [0.1, 0.15) is 37.4 Å². The summed E-state index contributed by atoms with van der Waals surface area (Å²) in [4.78, 5) is 4.36. The number of aromatic nitrogens is 2. The van der Waals surface area contributed by atoms with Crippen LogP contribution in [0, 0.1) is 5.92 Å². The number of methoxy groups -OCH3 is 1. The lowest BCUT2D eigenvalue weighted by atomic mass is 9.83. The monoisotopic (exact) mass is 239 g/mol. The summed E-state index contributed by atoms with van der Waals surface area (Å²) in [5, 5.41) is 3.94. The quantitative estimate of drug-likeness (QED) is 0.838. The van der Waals surface area contributed by atoms with E-state index in [9.17, 15) is 0 Å². The normalized spacial score (nSPS) is 25.1. The van der Waals surface area contributed by atoms with Crippen LogP contribution in [0.3, 0.4) is 0 Å². The number of hydrogen-bond acceptors (Lipinski definition) is 5. The molecule has 0 aliphatic heterocycles. The number of nitrogens with two attached hydrogens (primary N) is 1. The number of ether oxygens (including phenoxy) is 1. The second kappa shape index (κ2) is 6.12. The van der Waals surface area contributed by atoms with Crippen LogP contribution in [0.15, 0.2) is 4.52 Å². The van der Waals surface area contributed by atoms with Crippen LogP contribution in [0.2, 0.25) is 0 Å². The molecule has 0 saturated heterocycles. The summed E-state index contributed by atoms with van der Waals surface area (Å²) in [6.07, 6.45) is 6.34. The van der Waals surface area contributed by atoms with E-state index in [2.05, 4.69) is 10.1 Å². The van der Waals surface area contributed by atoms with Crippen molar-refractivity contribution in [1.29, 1.82) is 0 Å². The van der Waals surface area contributed by atoms with E-state index in [0.717, 1.165) is 24.6 Å². The Kier molecular flexibility index (Phi) is 4.50. The fourth-order valence-corrected chi connectivity index (χ4v) is 2.38. The summed E-state index contributed by atoms with van der Waals surface area (Å²) in [6.45, 7) is 0.627. The van der Waals surface area contributed by atoms with E-state index >= 15 is 0 Å². The maximum Gasteiger partial charge on any atom is 0.226 e. The highest BCUT2D eigenvalue weighted by Crippen LogP contribution is 2.25. The van der Waals surface area contributed by atoms with Gasteiger partial charge in [-0.25, -0.2) is 0 Å². The Bertz CT molecular complexity index is 340. The average Bonchev–Trinajstić information content (AvgIpc) is 2.77. The van der Waals surface area contributed by atoms with Crippen LogP contribution < -0.4 is 5.73 Å². The molecule has 1 saturated carbocycles. The van der Waals surface area contributed by atoms with E-state index in [1.807, 2.05) is 0 Å². The Labute approximate surface area is 102 Å². The molecule has 0 bridgehead atoms. The third kappa shape index (κ3) is 3.51. The highest BCUT2D eigenvalue weighted by Gasteiger charge is 2.24. The molecule has 5 heteroatoms. The summed E-state index contributed by atoms with van der Waals surface area (Å²) in [5.41, 5.74) is 6.10. The van der Waals surface area contributed by atoms with Crippen molar-refractivity contribution in [2.45, 2.75) is 44.6 Å². The molecule has 17 heavy (non-hydrogen) atoms. The van der Waals surface area contributed by atoms with Crippen LogP contribution in [0.4, 0.5) is 0 Å². The van der Waals surface area contributed by atoms with Gasteiger partial charge in [0.2, 0.25) is 5.89 Å². The first-order chi connectivity index (χ1) is 8.29. The van der Waals surface area contributed by atoms with Crippen molar-refractivity contribution in [3.05, 3.63) is 11.7 Å². The molecule has 1 heterocycles. The van der Waals surface area contributed by atoms with Gasteiger partial charge < -0.3 is 15.0 Å². The standard InChI is InChI=1S/C12H21N3O2/c1-16-7-6-11-14-12(17-15-11)8-9-4-2-3-5-10(9)13/h9-10H,2-8,13H2,1H3. The highest BCUT2D eigenvalue weighted by atomic mass is 16.5. The smallest absolute Gasteiger partial charge is 0.226 e. The van der Waals surface area contributed by atoms with Crippen LogP contribution in [0.5, 0.6) is 0 Å². The molecule has 1 fully saturated rings. The molecule has 0 spiro atoms. The van der Waals surface area contributed by atoms with Crippen molar-refractivity contribution < 1.29 is 9.26 Å². The molecule has 2 rings (SSSR count). The third-order valence-electron chi connectivity index (χ3n) is 3.44. The predicted octanol–water partition coefficient (Wildman–Crippen LogP) is 1.32. The highest BCUT2D eigenvalue weighted by molar-refractivity contribution is 4.91. The van der Waals surface area contributed by atoms with Gasteiger partial charge in [0.05, 0.1) is 6.61 Å². The third-order valence-corrected chi connectivity index (χ3v) is 3.44. The van der Waals surface area contributed by atoms with E-state index in [0.29, 0.717) is 18.9 Å². The number of nitrogens with zero attached hydrogens (tertiary/aromatic N) is 2. The molecule has 96 valence electrons. The molecule has 1 aromatic heterocycles. The van der Waals surface area contributed by atoms with Crippen LogP contribution in [0.25, 0.3) is 0 Å². The van der Waals surface area contributed by atoms with Gasteiger partial charge >= 0.3 is 0 Å². The molecule has 0 aromatic carbocycles. The second-order valence-electron chi connectivity index (χ2n) is 4.76. The van der Waals surface area contributed by atoms with E-state index in [4.69, 9.17) is 15.0 Å². The van der Waals surface area contributed by atoms with Gasteiger partial charge in [0.25, 0.3) is 0 Å². The van der Waals surface area contributed by atoms with E-state index in [-0.39, 0.29) is 6.04 Å². The zero-order chi connectivity index (χ0) is 12.1. The van der Waals surface area contributed by atoms with E-state index in [1.54, 1.807) is 7.11 Å². The Morgan fingerprint density at radius 1 is 1.41 bits per heavy atom. The maximum atomic E-state index is 6.10. The minimum atomic E-state index is 0.290. The first kappa shape index (κ1) is 12.5. The van der Waals surface area contributed by atoms with E-state index < -0.39 is 0 Å². The van der Waals surface area contributed by atoms with Gasteiger partial charge in [-0.2, -0.15) is 4.98 Å². The largest absolute Gasteiger partial charge is 0.384 e.